The summed E-state index contributed by atoms with van der Waals surface area (Å²) in [6.45, 7) is -0.763. The van der Waals surface area contributed by atoms with Gasteiger partial charge in [-0.1, -0.05) is 30.3 Å². The number of nitriles is 1. The van der Waals surface area contributed by atoms with Crippen molar-refractivity contribution in [3.8, 4) is 28.3 Å². The summed E-state index contributed by atoms with van der Waals surface area (Å²) >= 11 is 0. The van der Waals surface area contributed by atoms with Crippen LogP contribution < -0.4 is 4.90 Å². The fraction of sp³-hybridized carbons (Fsp3) is 0.207. The normalized spacial score (nSPS) is 14.4. The van der Waals surface area contributed by atoms with Crippen LogP contribution >= 0.6 is 0 Å². The Bertz CT molecular complexity index is 1740. The van der Waals surface area contributed by atoms with Gasteiger partial charge in [0.25, 0.3) is 5.91 Å². The van der Waals surface area contributed by atoms with Crippen molar-refractivity contribution < 1.29 is 18.7 Å². The number of fused-ring (bicyclic) bond motifs is 1. The largest absolute Gasteiger partial charge is 0.378 e. The molecule has 1 aromatic carbocycles. The van der Waals surface area contributed by atoms with E-state index in [-0.39, 0.29) is 5.91 Å². The van der Waals surface area contributed by atoms with Gasteiger partial charge in [-0.2, -0.15) is 24.2 Å². The van der Waals surface area contributed by atoms with Crippen LogP contribution in [0.25, 0.3) is 27.8 Å². The predicted octanol–water partition coefficient (Wildman–Crippen LogP) is 3.91. The number of aliphatic hydroxyl groups is 1. The van der Waals surface area contributed by atoms with E-state index < -0.39 is 12.7 Å². The second-order valence-corrected chi connectivity index (χ2v) is 9.62. The highest BCUT2D eigenvalue weighted by Gasteiger charge is 2.27. The molecule has 0 bridgehead atoms. The molecule has 1 saturated heterocycles. The lowest BCUT2D eigenvalue weighted by molar-refractivity contribution is -0.140. The number of nitrogens with zero attached hydrogens (tertiary/aromatic N) is 8. The van der Waals surface area contributed by atoms with Crippen LogP contribution in [-0.4, -0.2) is 66.5 Å². The first-order chi connectivity index (χ1) is 19.9. The Kier molecular flexibility index (Phi) is 6.86. The van der Waals surface area contributed by atoms with E-state index in [0.717, 1.165) is 11.4 Å². The Morgan fingerprint density at radius 1 is 0.927 bits per heavy atom. The third kappa shape index (κ3) is 4.99. The molecule has 12 heteroatoms. The maximum Gasteiger partial charge on any atom is 0.333 e. The van der Waals surface area contributed by atoms with Crippen LogP contribution in [-0.2, 0) is 4.79 Å². The van der Waals surface area contributed by atoms with E-state index in [2.05, 4.69) is 26.2 Å². The number of rotatable bonds is 6. The smallest absolute Gasteiger partial charge is 0.333 e. The van der Waals surface area contributed by atoms with Gasteiger partial charge in [-0.25, -0.2) is 14.2 Å². The highest BCUT2D eigenvalue weighted by molar-refractivity contribution is 5.87. The molecule has 206 valence electrons. The maximum absolute atomic E-state index is 13.1. The summed E-state index contributed by atoms with van der Waals surface area (Å²) in [5, 5.41) is 28.2. The van der Waals surface area contributed by atoms with Gasteiger partial charge in [-0.3, -0.25) is 4.79 Å². The second kappa shape index (κ2) is 10.8. The minimum Gasteiger partial charge on any atom is -0.378 e. The zero-order valence-corrected chi connectivity index (χ0v) is 21.7. The fourth-order valence-electron chi connectivity index (χ4n) is 5.01. The molecule has 10 nitrogen and oxygen atoms in total. The van der Waals surface area contributed by atoms with Crippen molar-refractivity contribution >= 4 is 17.2 Å². The number of pyridine rings is 2. The van der Waals surface area contributed by atoms with E-state index in [4.69, 9.17) is 0 Å². The van der Waals surface area contributed by atoms with Crippen molar-refractivity contribution in [2.75, 3.05) is 31.1 Å². The van der Waals surface area contributed by atoms with Crippen LogP contribution in [0.5, 0.6) is 0 Å². The summed E-state index contributed by atoms with van der Waals surface area (Å²) in [6, 6.07) is 16.6. The van der Waals surface area contributed by atoms with Crippen LogP contribution in [0.15, 0.2) is 79.5 Å². The number of anilines is 1. The number of alkyl halides is 2. The monoisotopic (exact) mass is 554 g/mol. The quantitative estimate of drug-likeness (QED) is 0.338. The van der Waals surface area contributed by atoms with E-state index >= 15 is 0 Å². The number of carbonyl (C=O) groups excluding carboxylic acids is 1. The fourth-order valence-corrected chi connectivity index (χ4v) is 5.01. The number of hydrogen-bond acceptors (Lipinski definition) is 7. The SMILES string of the molecule is N#Cc1cnn2cc(-c3cnn(C(F)F)c3)cc(-c3ccc(N4CCN(C(=O)C(O)c5ccccc5)CC4)nc3)c12. The van der Waals surface area contributed by atoms with Crippen molar-refractivity contribution in [3.05, 3.63) is 90.6 Å². The lowest BCUT2D eigenvalue weighted by Gasteiger charge is -2.36. The average Bonchev–Trinajstić information content (AvgIpc) is 3.68. The van der Waals surface area contributed by atoms with E-state index in [1.165, 1.54) is 18.6 Å². The van der Waals surface area contributed by atoms with Crippen LogP contribution in [0.2, 0.25) is 0 Å². The molecular weight excluding hydrogens is 530 g/mol. The van der Waals surface area contributed by atoms with Crippen molar-refractivity contribution in [1.82, 2.24) is 29.3 Å². The molecule has 1 fully saturated rings. The highest BCUT2D eigenvalue weighted by atomic mass is 19.3. The van der Waals surface area contributed by atoms with Gasteiger partial charge in [-0.15, -0.1) is 0 Å². The summed E-state index contributed by atoms with van der Waals surface area (Å²) in [7, 11) is 0. The summed E-state index contributed by atoms with van der Waals surface area (Å²) < 4.78 is 28.3. The molecule has 1 atom stereocenters. The first kappa shape index (κ1) is 26.1. The Hall–Kier alpha value is -5.15. The van der Waals surface area contributed by atoms with Crippen molar-refractivity contribution in [2.24, 2.45) is 0 Å². The molecule has 1 aliphatic heterocycles. The van der Waals surface area contributed by atoms with Gasteiger partial charge in [0, 0.05) is 67.0 Å². The molecular formula is C29H24F2N8O2. The number of aromatic nitrogens is 5. The summed E-state index contributed by atoms with van der Waals surface area (Å²) in [5.74, 6) is 0.403. The van der Waals surface area contributed by atoms with Gasteiger partial charge in [-0.05, 0) is 23.8 Å². The van der Waals surface area contributed by atoms with E-state index in [9.17, 15) is 23.9 Å². The molecule has 41 heavy (non-hydrogen) atoms. The Labute approximate surface area is 233 Å². The zero-order chi connectivity index (χ0) is 28.5. The minimum absolute atomic E-state index is 0.323. The summed E-state index contributed by atoms with van der Waals surface area (Å²) in [5.41, 5.74) is 4.00. The lowest BCUT2D eigenvalue weighted by Crippen LogP contribution is -2.50. The van der Waals surface area contributed by atoms with Crippen molar-refractivity contribution in [1.29, 1.82) is 5.26 Å². The Balaban J connectivity index is 1.22. The molecule has 1 amide bonds. The number of hydrogen-bond donors (Lipinski definition) is 1. The molecule has 1 unspecified atom stereocenters. The first-order valence-electron chi connectivity index (χ1n) is 12.9. The molecule has 0 saturated carbocycles. The van der Waals surface area contributed by atoms with E-state index in [1.807, 2.05) is 24.3 Å². The highest BCUT2D eigenvalue weighted by Crippen LogP contribution is 2.33. The summed E-state index contributed by atoms with van der Waals surface area (Å²) in [4.78, 5) is 21.2. The summed E-state index contributed by atoms with van der Waals surface area (Å²) in [6.07, 6.45) is 6.25. The Morgan fingerprint density at radius 3 is 2.37 bits per heavy atom. The lowest BCUT2D eigenvalue weighted by atomic mass is 10.0. The number of aliphatic hydroxyl groups excluding tert-OH is 1. The van der Waals surface area contributed by atoms with Crippen LogP contribution in [0.3, 0.4) is 0 Å². The van der Waals surface area contributed by atoms with Crippen LogP contribution in [0.4, 0.5) is 14.6 Å². The number of amides is 1. The van der Waals surface area contributed by atoms with E-state index in [0.29, 0.717) is 64.2 Å². The maximum atomic E-state index is 13.1. The molecule has 0 aliphatic carbocycles. The van der Waals surface area contributed by atoms with Gasteiger partial charge in [0.2, 0.25) is 0 Å². The first-order valence-corrected chi connectivity index (χ1v) is 12.9. The predicted molar refractivity (Wildman–Crippen MR) is 146 cm³/mol. The number of benzene rings is 1. The molecule has 4 aromatic heterocycles. The molecule has 0 spiro atoms. The number of carbonyl (C=O) groups is 1. The van der Waals surface area contributed by atoms with Crippen LogP contribution in [0.1, 0.15) is 23.8 Å². The average molecular weight is 555 g/mol. The van der Waals surface area contributed by atoms with E-state index in [1.54, 1.807) is 46.1 Å². The third-order valence-corrected chi connectivity index (χ3v) is 7.19. The van der Waals surface area contributed by atoms with Gasteiger partial charge in [0.1, 0.15) is 11.9 Å². The molecule has 5 aromatic rings. The molecule has 0 radical (unpaired) electrons. The van der Waals surface area contributed by atoms with Crippen molar-refractivity contribution in [2.45, 2.75) is 12.7 Å². The minimum atomic E-state index is -2.76. The molecule has 1 N–H and O–H groups in total. The van der Waals surface area contributed by atoms with Gasteiger partial charge in [0.15, 0.2) is 6.10 Å². The zero-order valence-electron chi connectivity index (χ0n) is 21.7. The topological polar surface area (TPSA) is 116 Å². The van der Waals surface area contributed by atoms with Gasteiger partial charge in [0.05, 0.1) is 23.5 Å². The Morgan fingerprint density at radius 2 is 1.71 bits per heavy atom. The number of piperazine rings is 1. The standard InChI is InChI=1S/C29H24F2N8O2/c30-29(31)39-18-23(16-35-39)21-12-24(26-22(13-32)15-34-38(26)17-21)20-6-7-25(33-14-20)36-8-10-37(11-9-36)28(41)27(40)19-4-2-1-3-5-19/h1-7,12,14-18,27,29,40H,8-11H2. The second-order valence-electron chi connectivity index (χ2n) is 9.62. The molecule has 5 heterocycles. The third-order valence-electron chi connectivity index (χ3n) is 7.19. The van der Waals surface area contributed by atoms with Crippen LogP contribution in [0, 0.1) is 11.3 Å². The number of halogens is 2. The molecule has 1 aliphatic rings. The molecule has 6 rings (SSSR count). The van der Waals surface area contributed by atoms with Gasteiger partial charge >= 0.3 is 6.55 Å². The van der Waals surface area contributed by atoms with Crippen molar-refractivity contribution in [3.63, 3.8) is 0 Å². The van der Waals surface area contributed by atoms with Gasteiger partial charge < -0.3 is 14.9 Å².